The third-order valence-corrected chi connectivity index (χ3v) is 7.71. The van der Waals surface area contributed by atoms with Gasteiger partial charge in [0, 0.05) is 12.2 Å². The van der Waals surface area contributed by atoms with Gasteiger partial charge in [0.1, 0.15) is 14.4 Å². The monoisotopic (exact) mass is 410 g/mol. The van der Waals surface area contributed by atoms with Gasteiger partial charge in [0.15, 0.2) is 0 Å². The second kappa shape index (κ2) is 10.8. The molecule has 0 heterocycles. The molecule has 2 aromatic carbocycles. The smallest absolute Gasteiger partial charge is 0.331 e. The van der Waals surface area contributed by atoms with Crippen LogP contribution in [0.4, 0.5) is 0 Å². The number of carbonyl (C=O) groups is 2. The Labute approximate surface area is 175 Å². The highest BCUT2D eigenvalue weighted by molar-refractivity contribution is 6.86. The summed E-state index contributed by atoms with van der Waals surface area (Å²) < 4.78 is 11.1. The van der Waals surface area contributed by atoms with Crippen molar-refractivity contribution >= 4 is 31.1 Å². The zero-order chi connectivity index (χ0) is 21.3. The normalized spacial score (nSPS) is 12.7. The average Bonchev–Trinajstić information content (AvgIpc) is 2.67. The van der Waals surface area contributed by atoms with E-state index in [0.717, 1.165) is 25.0 Å². The van der Waals surface area contributed by atoms with Gasteiger partial charge < -0.3 is 9.47 Å². The predicted molar refractivity (Wildman–Crippen MR) is 119 cm³/mol. The van der Waals surface area contributed by atoms with Crippen molar-refractivity contribution in [3.05, 3.63) is 72.8 Å². The fourth-order valence-electron chi connectivity index (χ4n) is 3.18. The Morgan fingerprint density at radius 1 is 0.897 bits per heavy atom. The summed E-state index contributed by atoms with van der Waals surface area (Å²) in [5.74, 6) is -1.07. The van der Waals surface area contributed by atoms with Gasteiger partial charge in [-0.15, -0.1) is 0 Å². The van der Waals surface area contributed by atoms with Gasteiger partial charge in [-0.05, 0) is 27.2 Å². The molecular formula is C24H30O4Si. The summed E-state index contributed by atoms with van der Waals surface area (Å²) in [6.07, 6.45) is 3.97. The molecule has 29 heavy (non-hydrogen) atoms. The van der Waals surface area contributed by atoms with E-state index < -0.39 is 26.3 Å². The maximum Gasteiger partial charge on any atom is 0.331 e. The molecule has 0 radical (unpaired) electrons. The quantitative estimate of drug-likeness (QED) is 0.381. The van der Waals surface area contributed by atoms with Crippen molar-refractivity contribution in [3.8, 4) is 0 Å². The zero-order valence-electron chi connectivity index (χ0n) is 17.6. The van der Waals surface area contributed by atoms with Crippen molar-refractivity contribution in [2.45, 2.75) is 51.9 Å². The summed E-state index contributed by atoms with van der Waals surface area (Å²) in [5.41, 5.74) is -0.810. The Hall–Kier alpha value is -2.66. The lowest BCUT2D eigenvalue weighted by molar-refractivity contribution is -0.149. The van der Waals surface area contributed by atoms with Crippen molar-refractivity contribution < 1.29 is 19.1 Å². The zero-order valence-corrected chi connectivity index (χ0v) is 18.8. The molecule has 0 spiro atoms. The molecule has 0 N–H and O–H groups in total. The summed E-state index contributed by atoms with van der Waals surface area (Å²) >= 11 is 0. The fourth-order valence-corrected chi connectivity index (χ4v) is 6.64. The van der Waals surface area contributed by atoms with E-state index in [1.807, 2.05) is 36.4 Å². The number of hydrogen-bond donors (Lipinski definition) is 0. The minimum absolute atomic E-state index is 0.208. The highest BCUT2D eigenvalue weighted by Gasteiger charge is 2.29. The maximum absolute atomic E-state index is 12.5. The van der Waals surface area contributed by atoms with Crippen LogP contribution < -0.4 is 10.4 Å². The number of benzene rings is 2. The number of hydrogen-bond acceptors (Lipinski definition) is 4. The third-order valence-electron chi connectivity index (χ3n) is 4.29. The third kappa shape index (κ3) is 7.70. The SMILES string of the molecule is CCCC(OC(=O)/C=C\C(=O)OC(C)(C)C)[SiH](c1ccccc1)c1ccccc1. The van der Waals surface area contributed by atoms with E-state index in [-0.39, 0.29) is 5.73 Å². The van der Waals surface area contributed by atoms with Crippen LogP contribution in [0.5, 0.6) is 0 Å². The van der Waals surface area contributed by atoms with Crippen LogP contribution in [0, 0.1) is 0 Å². The predicted octanol–water partition coefficient (Wildman–Crippen LogP) is 3.18. The van der Waals surface area contributed by atoms with Gasteiger partial charge in [0.2, 0.25) is 0 Å². The van der Waals surface area contributed by atoms with Crippen LogP contribution >= 0.6 is 0 Å². The molecule has 4 nitrogen and oxygen atoms in total. The average molecular weight is 411 g/mol. The first-order valence-corrected chi connectivity index (χ1v) is 11.8. The molecule has 0 saturated heterocycles. The number of rotatable bonds is 8. The van der Waals surface area contributed by atoms with Crippen LogP contribution in [0.1, 0.15) is 40.5 Å². The first kappa shape index (κ1) is 22.6. The molecule has 2 rings (SSSR count). The topological polar surface area (TPSA) is 52.6 Å². The van der Waals surface area contributed by atoms with Crippen LogP contribution in [0.2, 0.25) is 0 Å². The largest absolute Gasteiger partial charge is 0.463 e. The molecule has 0 saturated carbocycles. The van der Waals surface area contributed by atoms with Crippen LogP contribution in [0.25, 0.3) is 0 Å². The lowest BCUT2D eigenvalue weighted by atomic mass is 10.2. The molecule has 0 aliphatic heterocycles. The molecule has 0 fully saturated rings. The molecule has 0 amide bonds. The Balaban J connectivity index is 2.22. The highest BCUT2D eigenvalue weighted by Crippen LogP contribution is 2.10. The van der Waals surface area contributed by atoms with Crippen LogP contribution in [-0.4, -0.2) is 32.1 Å². The van der Waals surface area contributed by atoms with Gasteiger partial charge in [0.05, 0.1) is 5.73 Å². The first-order valence-electron chi connectivity index (χ1n) is 10.0. The minimum atomic E-state index is -1.82. The van der Waals surface area contributed by atoms with Crippen molar-refractivity contribution in [2.24, 2.45) is 0 Å². The molecule has 154 valence electrons. The summed E-state index contributed by atoms with van der Waals surface area (Å²) in [6.45, 7) is 7.43. The highest BCUT2D eigenvalue weighted by atomic mass is 28.3. The van der Waals surface area contributed by atoms with E-state index in [2.05, 4.69) is 31.2 Å². The summed E-state index contributed by atoms with van der Waals surface area (Å²) in [5, 5.41) is 2.45. The summed E-state index contributed by atoms with van der Waals surface area (Å²) in [7, 11) is -1.82. The summed E-state index contributed by atoms with van der Waals surface area (Å²) in [4.78, 5) is 24.3. The number of carbonyl (C=O) groups excluding carboxylic acids is 2. The number of ether oxygens (including phenoxy) is 2. The summed E-state index contributed by atoms with van der Waals surface area (Å²) in [6, 6.07) is 20.5. The van der Waals surface area contributed by atoms with Crippen molar-refractivity contribution in [3.63, 3.8) is 0 Å². The Kier molecular flexibility index (Phi) is 8.40. The molecule has 1 atom stereocenters. The van der Waals surface area contributed by atoms with Gasteiger partial charge >= 0.3 is 11.9 Å². The van der Waals surface area contributed by atoms with Gasteiger partial charge in [-0.1, -0.05) is 84.4 Å². The minimum Gasteiger partial charge on any atom is -0.463 e. The number of esters is 2. The fraction of sp³-hybridized carbons (Fsp3) is 0.333. The maximum atomic E-state index is 12.5. The van der Waals surface area contributed by atoms with E-state index in [1.54, 1.807) is 20.8 Å². The second-order valence-electron chi connectivity index (χ2n) is 7.93. The molecule has 0 aliphatic carbocycles. The Morgan fingerprint density at radius 3 is 1.83 bits per heavy atom. The van der Waals surface area contributed by atoms with E-state index in [4.69, 9.17) is 9.47 Å². The van der Waals surface area contributed by atoms with E-state index in [0.29, 0.717) is 0 Å². The van der Waals surface area contributed by atoms with Gasteiger partial charge in [-0.3, -0.25) is 0 Å². The van der Waals surface area contributed by atoms with E-state index in [1.165, 1.54) is 10.4 Å². The first-order chi connectivity index (χ1) is 13.8. The van der Waals surface area contributed by atoms with Crippen LogP contribution in [-0.2, 0) is 19.1 Å². The molecule has 0 bridgehead atoms. The Morgan fingerprint density at radius 2 is 1.38 bits per heavy atom. The molecule has 0 aromatic heterocycles. The van der Waals surface area contributed by atoms with Crippen LogP contribution in [0.15, 0.2) is 72.8 Å². The molecular weight excluding hydrogens is 380 g/mol. The second-order valence-corrected chi connectivity index (χ2v) is 11.0. The molecule has 2 aromatic rings. The molecule has 0 aliphatic rings. The molecule has 5 heteroatoms. The van der Waals surface area contributed by atoms with Gasteiger partial charge in [-0.2, -0.15) is 0 Å². The standard InChI is InChI=1S/C24H30O4Si/c1-5-12-23(27-21(25)17-18-22(26)28-24(2,3)4)29(19-13-8-6-9-14-19)20-15-10-7-11-16-20/h6-11,13-18,23,29H,5,12H2,1-4H3/b18-17-. The van der Waals surface area contributed by atoms with Gasteiger partial charge in [0.25, 0.3) is 0 Å². The lowest BCUT2D eigenvalue weighted by Gasteiger charge is -2.26. The van der Waals surface area contributed by atoms with Crippen molar-refractivity contribution in [1.29, 1.82) is 0 Å². The van der Waals surface area contributed by atoms with Gasteiger partial charge in [-0.25, -0.2) is 9.59 Å². The van der Waals surface area contributed by atoms with E-state index >= 15 is 0 Å². The van der Waals surface area contributed by atoms with Crippen LogP contribution in [0.3, 0.4) is 0 Å². The Bertz CT molecular complexity index is 770. The molecule has 1 unspecified atom stereocenters. The lowest BCUT2D eigenvalue weighted by Crippen LogP contribution is -2.53. The van der Waals surface area contributed by atoms with Crippen molar-refractivity contribution in [1.82, 2.24) is 0 Å². The van der Waals surface area contributed by atoms with Crippen molar-refractivity contribution in [2.75, 3.05) is 0 Å². The van der Waals surface area contributed by atoms with E-state index in [9.17, 15) is 9.59 Å².